The molecule has 416 valence electrons. The van der Waals surface area contributed by atoms with Crippen LogP contribution in [0.2, 0.25) is 0 Å². The van der Waals surface area contributed by atoms with Gasteiger partial charge in [0, 0.05) is 31.3 Å². The summed E-state index contributed by atoms with van der Waals surface area (Å²) >= 11 is 0. The number of fused-ring (bicyclic) bond motifs is 10. The summed E-state index contributed by atoms with van der Waals surface area (Å²) in [7, 11) is 0. The molecule has 0 spiro atoms. The first kappa shape index (κ1) is 46.9. The molecule has 0 radical (unpaired) electrons. The number of benzene rings is 10. The largest absolute Gasteiger partial charge is 0.458 e. The van der Waals surface area contributed by atoms with Gasteiger partial charge in [0.2, 0.25) is 0 Å². The van der Waals surface area contributed by atoms with Gasteiger partial charge in [0.25, 0.3) is 6.33 Å². The van der Waals surface area contributed by atoms with Gasteiger partial charge in [-0.25, -0.2) is 4.98 Å². The number of para-hydroxylation sites is 1. The summed E-state index contributed by atoms with van der Waals surface area (Å²) in [5, 5.41) is 2.21. The molecule has 4 heterocycles. The molecule has 0 bridgehead atoms. The van der Waals surface area contributed by atoms with Crippen molar-refractivity contribution in [2.75, 3.05) is 0 Å². The summed E-state index contributed by atoms with van der Waals surface area (Å²) in [6.45, 7) is 14.6. The number of aryl methyl sites for hydroxylation is 2. The summed E-state index contributed by atoms with van der Waals surface area (Å²) in [4.78, 5) is 4.94. The van der Waals surface area contributed by atoms with E-state index in [1.54, 1.807) is 18.2 Å². The van der Waals surface area contributed by atoms with Gasteiger partial charge in [0.05, 0.1) is 33.4 Å². The van der Waals surface area contributed by atoms with Gasteiger partial charge < -0.3 is 4.74 Å². The van der Waals surface area contributed by atoms with Crippen LogP contribution in [0.3, 0.4) is 0 Å². The van der Waals surface area contributed by atoms with Crippen LogP contribution >= 0.6 is 0 Å². The molecule has 85 heavy (non-hydrogen) atoms. The van der Waals surface area contributed by atoms with Crippen molar-refractivity contribution in [1.82, 2.24) is 14.1 Å². The second kappa shape index (κ2) is 20.1. The number of ether oxygens (including phenoxy) is 1. The first-order valence-corrected chi connectivity index (χ1v) is 29.3. The van der Waals surface area contributed by atoms with E-state index in [9.17, 15) is 0 Å². The predicted octanol–water partition coefficient (Wildman–Crippen LogP) is 20.8. The third-order valence-corrected chi connectivity index (χ3v) is 17.1. The Bertz CT molecular complexity index is 5010. The fourth-order valence-electron chi connectivity index (χ4n) is 12.6. The maximum Gasteiger partial charge on any atom is 0.269 e. The van der Waals surface area contributed by atoms with E-state index in [4.69, 9.17) is 17.9 Å². The van der Waals surface area contributed by atoms with E-state index in [1.807, 2.05) is 42.6 Å². The van der Waals surface area contributed by atoms with Crippen molar-refractivity contribution >= 4 is 32.8 Å². The van der Waals surface area contributed by atoms with Gasteiger partial charge in [-0.15, -0.1) is 0 Å². The average Bonchev–Trinajstić information content (AvgIpc) is 1.63. The van der Waals surface area contributed by atoms with Crippen LogP contribution in [0, 0.1) is 20.0 Å². The first-order chi connectivity index (χ1) is 43.3. The summed E-state index contributed by atoms with van der Waals surface area (Å²) in [6.07, 6.45) is 5.90. The fraction of sp³-hybridized carbons (Fsp3) is 0.175. The van der Waals surface area contributed by atoms with Gasteiger partial charge >= 0.3 is 0 Å². The molecule has 0 unspecified atom stereocenters. The zero-order chi connectivity index (χ0) is 63.7. The minimum Gasteiger partial charge on any atom is -0.458 e. The third kappa shape index (κ3) is 9.34. The van der Waals surface area contributed by atoms with Gasteiger partial charge in [-0.3, -0.25) is 13.7 Å². The number of imidazole rings is 1. The molecule has 1 aliphatic rings. The number of rotatable bonds is 7. The zero-order valence-electron chi connectivity index (χ0n) is 55.6. The van der Waals surface area contributed by atoms with Crippen molar-refractivity contribution in [1.29, 1.82) is 0 Å². The Morgan fingerprint density at radius 3 is 1.65 bits per heavy atom. The van der Waals surface area contributed by atoms with Crippen molar-refractivity contribution in [2.24, 2.45) is 0 Å². The van der Waals surface area contributed by atoms with Crippen LogP contribution in [0.25, 0.3) is 117 Å². The van der Waals surface area contributed by atoms with Crippen LogP contribution in [0.15, 0.2) is 225 Å². The number of pyridine rings is 1. The minimum absolute atomic E-state index is 0.0368. The van der Waals surface area contributed by atoms with Gasteiger partial charge in [0.15, 0.2) is 0 Å². The molecule has 3 aromatic heterocycles. The van der Waals surface area contributed by atoms with Crippen molar-refractivity contribution in [3.8, 4) is 95.5 Å². The highest BCUT2D eigenvalue weighted by molar-refractivity contribution is 6.10. The van der Waals surface area contributed by atoms with Crippen molar-refractivity contribution < 1.29 is 17.5 Å². The van der Waals surface area contributed by atoms with Crippen LogP contribution in [-0.2, 0) is 16.2 Å². The monoisotopic (exact) mass is 1110 g/mol. The molecule has 5 nitrogen and oxygen atoms in total. The number of aromatic nitrogens is 4. The summed E-state index contributed by atoms with van der Waals surface area (Å²) in [5.74, 6) is 2.11. The third-order valence-electron chi connectivity index (χ3n) is 17.1. The molecule has 1 aliphatic heterocycles. The molecule has 5 heteroatoms. The van der Waals surface area contributed by atoms with Crippen molar-refractivity contribution in [2.45, 2.75) is 92.3 Å². The van der Waals surface area contributed by atoms with Crippen LogP contribution in [0.1, 0.15) is 98.4 Å². The molecule has 13 aromatic rings. The molecular formula is C80H70N4O. The van der Waals surface area contributed by atoms with Gasteiger partial charge in [-0.1, -0.05) is 208 Å². The van der Waals surface area contributed by atoms with E-state index in [1.165, 1.54) is 11.1 Å². The summed E-state index contributed by atoms with van der Waals surface area (Å²) < 4.78 is 67.1. The molecule has 0 atom stereocenters. The highest BCUT2D eigenvalue weighted by Crippen LogP contribution is 2.49. The molecular weight excluding hydrogens is 1030 g/mol. The second-order valence-corrected chi connectivity index (χ2v) is 25.8. The standard InChI is InChI=1S/C80H70N4O/c1-50-20-18-21-51(2)75(50)55-43-68(53-32-36-57(37-33-53)79(6,7)8)76-69(44-55)64-26-14-12-24-62(64)63-25-13-15-27-65(63)70-42-54(52-30-34-56(35-31-52)78(3,4)5)45-73-77(70)83(76)49-82(73)59-22-19-23-60(47-59)85-61-38-39-67-66-28-16-17-29-71(66)84(72(67)48-61)74-46-58(40-41-81-74)80(9,10)11/h12-48H,1-11H3/i1D3,2D3. The van der Waals surface area contributed by atoms with E-state index in [-0.39, 0.29) is 32.9 Å². The number of nitrogens with zero attached hydrogens (tertiary/aromatic N) is 4. The highest BCUT2D eigenvalue weighted by Gasteiger charge is 2.29. The molecule has 0 saturated carbocycles. The lowest BCUT2D eigenvalue weighted by atomic mass is 9.84. The van der Waals surface area contributed by atoms with E-state index >= 15 is 0 Å². The number of hydrogen-bond donors (Lipinski definition) is 0. The topological polar surface area (TPSA) is 35.9 Å². The van der Waals surface area contributed by atoms with Crippen LogP contribution < -0.4 is 9.30 Å². The first-order valence-electron chi connectivity index (χ1n) is 32.3. The lowest BCUT2D eigenvalue weighted by Crippen LogP contribution is -2.32. The molecule has 0 amide bonds. The van der Waals surface area contributed by atoms with Gasteiger partial charge in [-0.2, -0.15) is 0 Å². The normalized spacial score (nSPS) is 13.8. The Hall–Kier alpha value is -9.58. The van der Waals surface area contributed by atoms with E-state index in [2.05, 4.69) is 246 Å². The quantitative estimate of drug-likeness (QED) is 0.118. The second-order valence-electron chi connectivity index (χ2n) is 25.8. The Labute approximate surface area is 508 Å². The fourth-order valence-corrected chi connectivity index (χ4v) is 12.6. The SMILES string of the molecule is [2H]C([2H])([2H])c1cccc(C([2H])([2H])[2H])c1-c1cc(-c2ccc(C(C)(C)C)cc2)c2c(c1)-c1ccccc1-c1ccccc1-c1cc(-c3ccc(C(C)(C)C)cc3)cc3c1[n+]-2[c-]n3-c1cccc(Oc2ccc3c4ccccc4n(-c4cc(C(C)(C)C)ccn4)c3c2)c1. The number of hydrogen-bond acceptors (Lipinski definition) is 2. The minimum atomic E-state index is -2.65. The van der Waals surface area contributed by atoms with Crippen LogP contribution in [0.4, 0.5) is 0 Å². The lowest BCUT2D eigenvalue weighted by Gasteiger charge is -2.23. The average molecular weight is 1110 g/mol. The van der Waals surface area contributed by atoms with Crippen molar-refractivity contribution in [3.63, 3.8) is 0 Å². The molecule has 10 aromatic carbocycles. The smallest absolute Gasteiger partial charge is 0.269 e. The molecule has 0 aliphatic carbocycles. The Morgan fingerprint density at radius 2 is 0.988 bits per heavy atom. The zero-order valence-corrected chi connectivity index (χ0v) is 49.6. The highest BCUT2D eigenvalue weighted by atomic mass is 16.5. The van der Waals surface area contributed by atoms with Crippen LogP contribution in [0.5, 0.6) is 11.5 Å². The van der Waals surface area contributed by atoms with Crippen LogP contribution in [-0.4, -0.2) is 14.1 Å². The van der Waals surface area contributed by atoms with E-state index < -0.39 is 13.7 Å². The maximum atomic E-state index is 8.92. The lowest BCUT2D eigenvalue weighted by molar-refractivity contribution is -0.570. The molecule has 14 rings (SSSR count). The maximum absolute atomic E-state index is 8.92. The van der Waals surface area contributed by atoms with Gasteiger partial charge in [0.1, 0.15) is 17.3 Å². The molecule has 0 fully saturated rings. The Morgan fingerprint density at radius 1 is 0.424 bits per heavy atom. The summed E-state index contributed by atoms with van der Waals surface area (Å²) in [6, 6.07) is 74.7. The predicted molar refractivity (Wildman–Crippen MR) is 354 cm³/mol. The van der Waals surface area contributed by atoms with E-state index in [0.717, 1.165) is 111 Å². The van der Waals surface area contributed by atoms with E-state index in [0.29, 0.717) is 17.1 Å². The summed E-state index contributed by atoms with van der Waals surface area (Å²) in [5.41, 5.74) is 18.4. The Balaban J connectivity index is 1.06. The molecule has 0 N–H and O–H groups in total. The van der Waals surface area contributed by atoms with Gasteiger partial charge in [-0.05, 0) is 191 Å². The van der Waals surface area contributed by atoms with Crippen molar-refractivity contribution in [3.05, 3.63) is 259 Å². The Kier molecular flexibility index (Phi) is 11.1. The molecule has 0 saturated heterocycles.